The summed E-state index contributed by atoms with van der Waals surface area (Å²) in [5.41, 5.74) is 1.48. The molecule has 6 fully saturated rings. The number of halogens is 1. The van der Waals surface area contributed by atoms with Crippen LogP contribution in [0.25, 0.3) is 0 Å². The van der Waals surface area contributed by atoms with Crippen LogP contribution in [-0.4, -0.2) is 36.8 Å². The molecule has 5 saturated carbocycles. The van der Waals surface area contributed by atoms with Gasteiger partial charge in [-0.3, -0.25) is 4.79 Å². The van der Waals surface area contributed by atoms with E-state index in [1.54, 1.807) is 11.0 Å². The fraction of sp³-hybridized carbons (Fsp3) is 0.720. The Balaban J connectivity index is 1.23. The topological polar surface area (TPSA) is 38.8 Å². The zero-order valence-corrected chi connectivity index (χ0v) is 17.9. The molecule has 0 N–H and O–H groups in total. The van der Waals surface area contributed by atoms with E-state index in [-0.39, 0.29) is 24.3 Å². The second-order valence-electron chi connectivity index (χ2n) is 11.0. The fourth-order valence-electron chi connectivity index (χ4n) is 7.22. The summed E-state index contributed by atoms with van der Waals surface area (Å²) in [4.78, 5) is 14.5. The lowest BCUT2D eigenvalue weighted by atomic mass is 9.50. The quantitative estimate of drug-likeness (QED) is 0.673. The maximum absolute atomic E-state index is 15.0. The average Bonchev–Trinajstić information content (AvgIpc) is 3.45. The molecular formula is C25H32FNO3. The van der Waals surface area contributed by atoms with Gasteiger partial charge in [0.2, 0.25) is 0 Å². The van der Waals surface area contributed by atoms with E-state index in [0.29, 0.717) is 30.2 Å². The highest BCUT2D eigenvalue weighted by Crippen LogP contribution is 2.60. The molecule has 4 nitrogen and oxygen atoms in total. The minimum Gasteiger partial charge on any atom is -0.493 e. The van der Waals surface area contributed by atoms with Crippen LogP contribution < -0.4 is 4.74 Å². The van der Waals surface area contributed by atoms with Gasteiger partial charge in [0.05, 0.1) is 18.3 Å². The van der Waals surface area contributed by atoms with E-state index < -0.39 is 5.82 Å². The third kappa shape index (κ3) is 3.34. The van der Waals surface area contributed by atoms with E-state index in [9.17, 15) is 4.79 Å². The third-order valence-electron chi connectivity index (χ3n) is 8.33. The minimum atomic E-state index is -0.468. The Kier molecular flexibility index (Phi) is 4.42. The molecule has 162 valence electrons. The molecule has 0 unspecified atom stereocenters. The van der Waals surface area contributed by atoms with Crippen LogP contribution in [0.5, 0.6) is 5.75 Å². The van der Waals surface area contributed by atoms with Crippen LogP contribution in [0.15, 0.2) is 12.1 Å². The zero-order valence-electron chi connectivity index (χ0n) is 17.9. The zero-order chi connectivity index (χ0) is 20.5. The molecule has 5 heteroatoms. The van der Waals surface area contributed by atoms with Crippen LogP contribution in [0.1, 0.15) is 80.1 Å². The molecular weight excluding hydrogens is 381 g/mol. The van der Waals surface area contributed by atoms with Crippen LogP contribution in [-0.2, 0) is 4.74 Å². The first-order chi connectivity index (χ1) is 14.5. The van der Waals surface area contributed by atoms with Gasteiger partial charge < -0.3 is 14.4 Å². The Hall–Kier alpha value is -1.62. The Bertz CT molecular complexity index is 829. The lowest BCUT2D eigenvalue weighted by Crippen LogP contribution is -2.48. The van der Waals surface area contributed by atoms with Crippen molar-refractivity contribution in [3.8, 4) is 5.75 Å². The number of carbonyl (C=O) groups excluding carboxylic acids is 1. The Morgan fingerprint density at radius 1 is 1.17 bits per heavy atom. The minimum absolute atomic E-state index is 0.00259. The van der Waals surface area contributed by atoms with Crippen LogP contribution in [0.3, 0.4) is 0 Å². The van der Waals surface area contributed by atoms with Crippen LogP contribution in [0.2, 0.25) is 0 Å². The number of carbonyl (C=O) groups is 1. The monoisotopic (exact) mass is 413 g/mol. The molecule has 1 atom stereocenters. The smallest absolute Gasteiger partial charge is 0.258 e. The highest BCUT2D eigenvalue weighted by molar-refractivity contribution is 5.95. The molecule has 1 amide bonds. The van der Waals surface area contributed by atoms with Crippen molar-refractivity contribution in [1.82, 2.24) is 4.90 Å². The number of rotatable bonds is 5. The van der Waals surface area contributed by atoms with Crippen molar-refractivity contribution in [3.05, 3.63) is 29.1 Å². The summed E-state index contributed by atoms with van der Waals surface area (Å²) in [6.07, 6.45) is 10.3. The summed E-state index contributed by atoms with van der Waals surface area (Å²) in [6.45, 7) is 3.39. The van der Waals surface area contributed by atoms with Gasteiger partial charge >= 0.3 is 0 Å². The van der Waals surface area contributed by atoms with E-state index >= 15 is 4.39 Å². The largest absolute Gasteiger partial charge is 0.493 e. The summed E-state index contributed by atoms with van der Waals surface area (Å²) in [7, 11) is 0. The van der Waals surface area contributed by atoms with Gasteiger partial charge in [-0.2, -0.15) is 0 Å². The number of hydrogen-bond acceptors (Lipinski definition) is 3. The molecule has 0 spiro atoms. The van der Waals surface area contributed by atoms with Gasteiger partial charge in [-0.15, -0.1) is 0 Å². The first-order valence-corrected chi connectivity index (χ1v) is 11.9. The first-order valence-electron chi connectivity index (χ1n) is 11.9. The average molecular weight is 414 g/mol. The van der Waals surface area contributed by atoms with Gasteiger partial charge in [0, 0.05) is 18.0 Å². The summed E-state index contributed by atoms with van der Waals surface area (Å²) in [6, 6.07) is 3.26. The van der Waals surface area contributed by atoms with E-state index in [1.807, 2.05) is 6.92 Å². The summed E-state index contributed by atoms with van der Waals surface area (Å²) in [5, 5.41) is 0. The van der Waals surface area contributed by atoms with E-state index in [1.165, 1.54) is 44.6 Å². The molecule has 1 heterocycles. The molecule has 1 aliphatic heterocycles. The SMILES string of the molecule is C[C@H]1CN(C(=O)c2cc(C3CC3)c(OCC34CC5CC(CC(C5)C3)C4)cc2F)CO1. The normalized spacial score (nSPS) is 37.1. The molecule has 30 heavy (non-hydrogen) atoms. The summed E-state index contributed by atoms with van der Waals surface area (Å²) < 4.78 is 26.9. The van der Waals surface area contributed by atoms with E-state index in [4.69, 9.17) is 9.47 Å². The van der Waals surface area contributed by atoms with Crippen molar-refractivity contribution in [1.29, 1.82) is 0 Å². The van der Waals surface area contributed by atoms with Crippen LogP contribution in [0.4, 0.5) is 4.39 Å². The molecule has 4 bridgehead atoms. The molecule has 5 aliphatic carbocycles. The van der Waals surface area contributed by atoms with Crippen molar-refractivity contribution >= 4 is 5.91 Å². The van der Waals surface area contributed by atoms with Gasteiger partial charge in [0.15, 0.2) is 0 Å². The molecule has 1 saturated heterocycles. The molecule has 6 aliphatic rings. The second-order valence-corrected chi connectivity index (χ2v) is 11.0. The predicted octanol–water partition coefficient (Wildman–Crippen LogP) is 5.12. The lowest BCUT2D eigenvalue weighted by Gasteiger charge is -2.56. The second kappa shape index (κ2) is 6.94. The maximum Gasteiger partial charge on any atom is 0.258 e. The number of nitrogens with zero attached hydrogens (tertiary/aromatic N) is 1. The predicted molar refractivity (Wildman–Crippen MR) is 111 cm³/mol. The van der Waals surface area contributed by atoms with Gasteiger partial charge in [-0.1, -0.05) is 0 Å². The summed E-state index contributed by atoms with van der Waals surface area (Å²) >= 11 is 0. The van der Waals surface area contributed by atoms with Crippen molar-refractivity contribution in [2.45, 2.75) is 70.3 Å². The van der Waals surface area contributed by atoms with Crippen LogP contribution >= 0.6 is 0 Å². The highest BCUT2D eigenvalue weighted by atomic mass is 19.1. The first kappa shape index (κ1) is 19.1. The lowest BCUT2D eigenvalue weighted by molar-refractivity contribution is -0.0747. The number of ether oxygens (including phenoxy) is 2. The Morgan fingerprint density at radius 2 is 1.83 bits per heavy atom. The third-order valence-corrected chi connectivity index (χ3v) is 8.33. The Labute approximate surface area is 178 Å². The maximum atomic E-state index is 15.0. The van der Waals surface area contributed by atoms with Crippen molar-refractivity contribution in [2.75, 3.05) is 19.9 Å². The van der Waals surface area contributed by atoms with E-state index in [2.05, 4.69) is 0 Å². The van der Waals surface area contributed by atoms with Crippen molar-refractivity contribution < 1.29 is 18.7 Å². The van der Waals surface area contributed by atoms with Crippen molar-refractivity contribution in [2.24, 2.45) is 23.2 Å². The number of benzene rings is 1. The molecule has 0 aromatic heterocycles. The van der Waals surface area contributed by atoms with E-state index in [0.717, 1.165) is 36.2 Å². The number of hydrogen-bond donors (Lipinski definition) is 0. The van der Waals surface area contributed by atoms with Gasteiger partial charge in [0.1, 0.15) is 18.3 Å². The Morgan fingerprint density at radius 3 is 2.40 bits per heavy atom. The number of amides is 1. The van der Waals surface area contributed by atoms with Gasteiger partial charge in [0.25, 0.3) is 5.91 Å². The van der Waals surface area contributed by atoms with Gasteiger partial charge in [-0.25, -0.2) is 4.39 Å². The molecule has 7 rings (SSSR count). The summed E-state index contributed by atoms with van der Waals surface area (Å²) in [5.74, 6) is 2.97. The molecule has 1 aromatic carbocycles. The standard InChI is InChI=1S/C25H32FNO3/c1-15-12-27(14-30-15)24(28)21-7-20(19-2-3-19)23(8-22(21)26)29-13-25-9-16-4-17(10-25)6-18(5-16)11-25/h7-8,15-19H,2-6,9-14H2,1H3/t15-,16?,17?,18?,25?/m0/s1. The van der Waals surface area contributed by atoms with Gasteiger partial charge in [-0.05, 0) is 93.6 Å². The van der Waals surface area contributed by atoms with Crippen LogP contribution in [0, 0.1) is 29.0 Å². The highest BCUT2D eigenvalue weighted by Gasteiger charge is 2.51. The molecule has 1 aromatic rings. The van der Waals surface area contributed by atoms with Crippen molar-refractivity contribution in [3.63, 3.8) is 0 Å². The fourth-order valence-corrected chi connectivity index (χ4v) is 7.22. The molecule has 0 radical (unpaired) electrons.